The van der Waals surface area contributed by atoms with Crippen molar-refractivity contribution in [1.82, 2.24) is 90.8 Å². The summed E-state index contributed by atoms with van der Waals surface area (Å²) >= 11 is 0. The summed E-state index contributed by atoms with van der Waals surface area (Å²) in [6, 6.07) is 40.7. The summed E-state index contributed by atoms with van der Waals surface area (Å²) in [5.74, 6) is 12.7. The molecule has 4 saturated carbocycles. The normalized spacial score (nSPS) is 17.5. The van der Waals surface area contributed by atoms with Crippen LogP contribution in [0.5, 0.6) is 23.0 Å². The van der Waals surface area contributed by atoms with Crippen molar-refractivity contribution in [3.63, 3.8) is 0 Å². The van der Waals surface area contributed by atoms with E-state index in [0.29, 0.717) is 128 Å². The number of aliphatic hydroxyl groups excluding tert-OH is 4. The molecule has 34 nitrogen and oxygen atoms in total. The molecule has 6 fully saturated rings. The second kappa shape index (κ2) is 55.9. The van der Waals surface area contributed by atoms with Crippen molar-refractivity contribution in [2.24, 2.45) is 11.8 Å². The Morgan fingerprint density at radius 1 is 0.442 bits per heavy atom. The highest BCUT2D eigenvalue weighted by molar-refractivity contribution is 5.71. The number of nitrogens with one attached hydrogen (secondary N) is 5. The molecule has 4 aliphatic carbocycles. The highest BCUT2D eigenvalue weighted by Crippen LogP contribution is 2.41. The number of ether oxygens (including phenoxy) is 4. The minimum Gasteiger partial charge on any atom is -0.491 e. The van der Waals surface area contributed by atoms with E-state index in [4.69, 9.17) is 63.3 Å². The second-order valence-corrected chi connectivity index (χ2v) is 39.9. The maximum absolute atomic E-state index is 13.1. The van der Waals surface area contributed by atoms with Crippen LogP contribution in [0.25, 0.3) is 57.1 Å². The highest BCUT2D eigenvalue weighted by Gasteiger charge is 2.34. The van der Waals surface area contributed by atoms with Gasteiger partial charge in [-0.05, 0) is 179 Å². The molecule has 9 N–H and O–H groups in total. The summed E-state index contributed by atoms with van der Waals surface area (Å²) in [5.41, 5.74) is 6.75. The van der Waals surface area contributed by atoms with E-state index in [-0.39, 0.29) is 51.4 Å². The smallest absolute Gasteiger partial charge is 0.238 e. The van der Waals surface area contributed by atoms with Crippen LogP contribution in [0.2, 0.25) is 0 Å². The van der Waals surface area contributed by atoms with E-state index in [2.05, 4.69) is 130 Å². The number of aliphatic hydroxyl groups is 4. The van der Waals surface area contributed by atoms with E-state index in [1.807, 2.05) is 135 Å². The van der Waals surface area contributed by atoms with Gasteiger partial charge in [-0.3, -0.25) is 4.90 Å². The summed E-state index contributed by atoms with van der Waals surface area (Å²) in [6.07, 6.45) is 27.8. The molecule has 0 amide bonds. The molecule has 147 heavy (non-hydrogen) atoms. The number of hydrogen-bond donors (Lipinski definition) is 9. The van der Waals surface area contributed by atoms with Crippen molar-refractivity contribution in [1.29, 1.82) is 0 Å². The first-order valence-electron chi connectivity index (χ1n) is 52.9. The third-order valence-electron chi connectivity index (χ3n) is 28.8. The van der Waals surface area contributed by atoms with Crippen LogP contribution in [0.15, 0.2) is 151 Å². The van der Waals surface area contributed by atoms with Crippen LogP contribution in [-0.2, 0) is 0 Å². The molecule has 7 aromatic heterocycles. The van der Waals surface area contributed by atoms with Crippen LogP contribution < -0.4 is 74.9 Å². The summed E-state index contributed by atoms with van der Waals surface area (Å²) in [6.45, 7) is 15.4. The van der Waals surface area contributed by atoms with Crippen LogP contribution in [0.1, 0.15) is 165 Å². The number of halogens is 3. The van der Waals surface area contributed by atoms with Gasteiger partial charge in [0.15, 0.2) is 34.9 Å². The van der Waals surface area contributed by atoms with Gasteiger partial charge in [-0.1, -0.05) is 126 Å². The predicted octanol–water partition coefficient (Wildman–Crippen LogP) is 15.7. The zero-order valence-electron chi connectivity index (χ0n) is 88.0. The Balaban J connectivity index is 0.000000155. The van der Waals surface area contributed by atoms with Crippen LogP contribution in [0.4, 0.5) is 59.6 Å². The lowest BCUT2D eigenvalue weighted by Gasteiger charge is -2.38. The SMILES string of the molecule is CNCC(O)COc1cc(-c2nc(N(C)C3CCCCC3)c(C)c(-n3cccn3)n2)cc(-n2cccn2)c1.CNCC(O)COc1cccc(-c2nc(N3CCC(CC(F)F)[C@@H](C)C3)cc(N(C)C3CCCCC3)n2)c1.CNCC(O)COc1cccc(-c2nc(N3CCN(CCF)CC3)cc(N(C)C3CCCCC3)n2)c1.CNCC(O)COc1cccc(-c2nc(Nc3c(C)noc3C)cc(N(C)C3CCCCC3)n2)c1. The minimum absolute atomic E-state index is 0.0315. The molecule has 37 heteroatoms. The van der Waals surface area contributed by atoms with E-state index in [0.717, 1.165) is 144 Å². The molecular formula is C110H156F3N25O9. The zero-order chi connectivity index (χ0) is 104. The van der Waals surface area contributed by atoms with E-state index in [9.17, 15) is 33.6 Å². The van der Waals surface area contributed by atoms with E-state index in [1.54, 1.807) is 49.9 Å². The van der Waals surface area contributed by atoms with Gasteiger partial charge in [0.05, 0.1) is 5.69 Å². The van der Waals surface area contributed by atoms with Gasteiger partial charge in [-0.15, -0.1) is 0 Å². The first-order valence-corrected chi connectivity index (χ1v) is 52.9. The number of likely N-dealkylation sites (N-methyl/N-ethyl adjacent to an activating group) is 4. The molecule has 9 heterocycles. The van der Waals surface area contributed by atoms with Gasteiger partial charge < -0.3 is 99.9 Å². The largest absolute Gasteiger partial charge is 0.491 e. The van der Waals surface area contributed by atoms with Gasteiger partial charge >= 0.3 is 0 Å². The lowest BCUT2D eigenvalue weighted by molar-refractivity contribution is 0.0930. The molecule has 0 spiro atoms. The third kappa shape index (κ3) is 31.8. The van der Waals surface area contributed by atoms with E-state index >= 15 is 0 Å². The molecule has 796 valence electrons. The standard InChI is InChI=1S/C29H43F2N5O2.C28H36N8O2.C27H41FN6O2.C26H36N6O3/c1-20-18-36(13-12-21(20)15-26(30)31)28-16-27(35(3)23-9-5-4-6-10-23)33-29(34-28)22-8-7-11-25(14-22)38-19-24(37)17-32-2;1-20-27(34(3)22-9-5-4-6-10-22)32-26(33-28(20)36-14-8-12-31-36)21-15-23(35-13-7-11-30-35)17-25(16-21)38-19-24(37)18-29-2;1-29-19-23(35)20-36-24-10-6-7-21(17-24)27-30-25(32(2)22-8-4-3-5-9-22)18-26(31-27)34-15-13-33(12-11-28)14-16-34;1-17-25(18(2)35-31-17)28-23-14-24(32(4)20-10-6-5-7-11-20)30-26(29-23)19-9-8-12-22(13-19)34-16-21(33)15-27-3/h7-8,11,14,16,20-21,23-24,26,32,37H,4-6,9-10,12-13,15,17-19H2,1-3H3;7-8,11-17,22,24,29,37H,4-6,9-10,18-19H2,1-3H3;6-7,10,17-18,22-23,29,35H,3-5,8-9,11-16,19-20H2,1-2H3;8-9,12-14,20-21,27,33H,5-7,10-11,15-16H2,1-4H3,(H,28,29,30)/t20-,21?,24?;;;/m0.../s1. The summed E-state index contributed by atoms with van der Waals surface area (Å²) in [7, 11) is 15.7. The van der Waals surface area contributed by atoms with E-state index in [1.165, 1.54) is 103 Å². The van der Waals surface area contributed by atoms with Crippen LogP contribution in [-0.4, -0.2) is 306 Å². The lowest BCUT2D eigenvalue weighted by atomic mass is 9.84. The number of hydrogen-bond acceptors (Lipinski definition) is 32. The van der Waals surface area contributed by atoms with Gasteiger partial charge in [0.1, 0.15) is 133 Å². The Bertz CT molecular complexity index is 5770. The number of nitrogens with zero attached hydrogens (tertiary/aromatic N) is 20. The fourth-order valence-corrected chi connectivity index (χ4v) is 20.3. The Morgan fingerprint density at radius 3 is 1.29 bits per heavy atom. The average molecular weight is 2030 g/mol. The van der Waals surface area contributed by atoms with Crippen molar-refractivity contribution in [3.05, 3.63) is 163 Å². The topological polar surface area (TPSA) is 365 Å². The molecule has 6 atom stereocenters. The predicted molar refractivity (Wildman–Crippen MR) is 576 cm³/mol. The van der Waals surface area contributed by atoms with Gasteiger partial charge in [0.25, 0.3) is 0 Å². The Morgan fingerprint density at radius 2 is 0.864 bits per heavy atom. The lowest BCUT2D eigenvalue weighted by Crippen LogP contribution is -2.47. The first-order chi connectivity index (χ1) is 71.4. The molecule has 2 aliphatic heterocycles. The number of aromatic nitrogens is 13. The Labute approximate surface area is 864 Å². The number of rotatable bonds is 42. The number of aryl methyl sites for hydroxylation is 2. The number of piperidine rings is 1. The number of anilines is 8. The molecule has 0 radical (unpaired) electrons. The highest BCUT2D eigenvalue weighted by atomic mass is 19.3. The molecule has 2 saturated heterocycles. The maximum atomic E-state index is 13.1. The molecule has 17 rings (SSSR count). The second-order valence-electron chi connectivity index (χ2n) is 39.9. The van der Waals surface area contributed by atoms with Crippen molar-refractivity contribution in [2.45, 2.75) is 224 Å². The first kappa shape index (κ1) is 111. The molecule has 6 aliphatic rings. The molecule has 5 unspecified atom stereocenters. The zero-order valence-corrected chi connectivity index (χ0v) is 88.0. The van der Waals surface area contributed by atoms with E-state index < -0.39 is 30.8 Å². The van der Waals surface area contributed by atoms with Crippen molar-refractivity contribution >= 4 is 46.4 Å². The Hall–Kier alpha value is -11.9. The fraction of sp³-hybridized carbons (Fsp3) is 0.555. The number of alkyl halides is 3. The van der Waals surface area contributed by atoms with Gasteiger partial charge in [-0.2, -0.15) is 10.2 Å². The molecule has 4 aromatic carbocycles. The van der Waals surface area contributed by atoms with Gasteiger partial charge in [0.2, 0.25) is 6.43 Å². The van der Waals surface area contributed by atoms with Crippen LogP contribution in [0.3, 0.4) is 0 Å². The summed E-state index contributed by atoms with van der Waals surface area (Å²) < 4.78 is 71.3. The van der Waals surface area contributed by atoms with Crippen LogP contribution >= 0.6 is 0 Å². The quantitative estimate of drug-likeness (QED) is 0.0172. The van der Waals surface area contributed by atoms with Crippen LogP contribution in [0, 0.1) is 32.6 Å². The molecule has 0 bridgehead atoms. The van der Waals surface area contributed by atoms with Crippen molar-refractivity contribution in [3.8, 4) is 80.1 Å². The van der Waals surface area contributed by atoms with Gasteiger partial charge in [0, 0.05) is 208 Å². The number of benzene rings is 4. The fourth-order valence-electron chi connectivity index (χ4n) is 20.3. The maximum Gasteiger partial charge on any atom is 0.238 e. The monoisotopic (exact) mass is 2030 g/mol. The average Bonchev–Trinajstić information content (AvgIpc) is 1.76. The molecular weight excluding hydrogens is 1870 g/mol. The van der Waals surface area contributed by atoms with Crippen molar-refractivity contribution < 1.29 is 57.1 Å². The van der Waals surface area contributed by atoms with Crippen molar-refractivity contribution in [2.75, 3.05) is 196 Å². The third-order valence-corrected chi connectivity index (χ3v) is 28.8. The molecule has 11 aromatic rings. The summed E-state index contributed by atoms with van der Waals surface area (Å²) in [5, 5.41) is 68.3. The minimum atomic E-state index is -2.26. The van der Waals surface area contributed by atoms with Gasteiger partial charge in [-0.25, -0.2) is 62.4 Å². The number of piperazine rings is 1. The summed E-state index contributed by atoms with van der Waals surface area (Å²) in [4.78, 5) is 55.6. The Kier molecular flexibility index (Phi) is 42.1.